The van der Waals surface area contributed by atoms with Crippen LogP contribution < -0.4 is 11.1 Å². The number of anilines is 1. The molecule has 0 aliphatic heterocycles. The molecule has 8 heteroatoms. The predicted molar refractivity (Wildman–Crippen MR) is 97.4 cm³/mol. The van der Waals surface area contributed by atoms with Crippen molar-refractivity contribution in [2.24, 2.45) is 11.7 Å². The van der Waals surface area contributed by atoms with Crippen molar-refractivity contribution in [3.8, 4) is 11.3 Å². The van der Waals surface area contributed by atoms with Crippen LogP contribution in [0, 0.1) is 5.92 Å². The van der Waals surface area contributed by atoms with E-state index in [0.29, 0.717) is 10.8 Å². The number of methoxy groups -OCH3 is 1. The van der Waals surface area contributed by atoms with E-state index in [-0.39, 0.29) is 43.2 Å². The second kappa shape index (κ2) is 9.36. The molecule has 0 saturated carbocycles. The van der Waals surface area contributed by atoms with E-state index in [4.69, 9.17) is 10.5 Å². The Balaban J connectivity index is 0.00000288. The molecule has 2 aromatic rings. The normalized spacial score (nSPS) is 11.3. The smallest absolute Gasteiger partial charge is 0.310 e. The van der Waals surface area contributed by atoms with E-state index in [9.17, 15) is 9.59 Å². The molecule has 3 N–H and O–H groups in total. The molecule has 2 rings (SSSR count). The molecule has 0 bridgehead atoms. The van der Waals surface area contributed by atoms with Crippen LogP contribution in [-0.4, -0.2) is 30.5 Å². The Kier molecular flexibility index (Phi) is 7.84. The van der Waals surface area contributed by atoms with E-state index in [1.54, 1.807) is 6.92 Å². The first kappa shape index (κ1) is 20.1. The summed E-state index contributed by atoms with van der Waals surface area (Å²) in [6.45, 7) is 2.01. The Morgan fingerprint density at radius 3 is 2.58 bits per heavy atom. The number of carbonyl (C=O) groups is 2. The Labute approximate surface area is 150 Å². The van der Waals surface area contributed by atoms with E-state index >= 15 is 0 Å². The van der Waals surface area contributed by atoms with Crippen LogP contribution in [0.1, 0.15) is 11.8 Å². The van der Waals surface area contributed by atoms with Gasteiger partial charge in [-0.15, -0.1) is 23.7 Å². The second-order valence-corrected chi connectivity index (χ2v) is 6.12. The maximum absolute atomic E-state index is 12.0. The third-order valence-corrected chi connectivity index (χ3v) is 4.28. The lowest BCUT2D eigenvalue weighted by atomic mass is 10.1. The van der Waals surface area contributed by atoms with E-state index in [1.807, 2.05) is 30.3 Å². The molecule has 1 atom stereocenters. The van der Waals surface area contributed by atoms with Gasteiger partial charge in [0.2, 0.25) is 5.91 Å². The van der Waals surface area contributed by atoms with Crippen LogP contribution in [0.15, 0.2) is 30.3 Å². The Bertz CT molecular complexity index is 691. The standard InChI is InChI=1S/C16H19N3O3S.ClH/c1-10(9-17)15(21)19-16-18-14(11-6-4-3-5-7-11)12(23-16)8-13(20)22-2;/h3-7,10H,8-9,17H2,1-2H3,(H,18,19,21);1H. The topological polar surface area (TPSA) is 94.3 Å². The number of thiazole rings is 1. The van der Waals surface area contributed by atoms with Crippen molar-refractivity contribution in [1.82, 2.24) is 4.98 Å². The Morgan fingerprint density at radius 1 is 1.33 bits per heavy atom. The molecule has 0 saturated heterocycles. The van der Waals surface area contributed by atoms with Crippen molar-refractivity contribution >= 4 is 40.8 Å². The van der Waals surface area contributed by atoms with Gasteiger partial charge in [-0.3, -0.25) is 9.59 Å². The van der Waals surface area contributed by atoms with Crippen LogP contribution >= 0.6 is 23.7 Å². The number of nitrogens with two attached hydrogens (primary N) is 1. The molecule has 1 aromatic heterocycles. The van der Waals surface area contributed by atoms with E-state index in [0.717, 1.165) is 10.4 Å². The van der Waals surface area contributed by atoms with Gasteiger partial charge in [-0.2, -0.15) is 0 Å². The first-order chi connectivity index (χ1) is 11.0. The number of amides is 1. The molecule has 0 aliphatic rings. The zero-order valence-corrected chi connectivity index (χ0v) is 15.1. The fourth-order valence-electron chi connectivity index (χ4n) is 1.89. The summed E-state index contributed by atoms with van der Waals surface area (Å²) in [5, 5.41) is 3.20. The van der Waals surface area contributed by atoms with Gasteiger partial charge >= 0.3 is 5.97 Å². The molecule has 130 valence electrons. The molecule has 0 radical (unpaired) electrons. The fourth-order valence-corrected chi connectivity index (χ4v) is 2.86. The lowest BCUT2D eigenvalue weighted by Crippen LogP contribution is -2.26. The molecule has 6 nitrogen and oxygen atoms in total. The molecule has 1 amide bonds. The van der Waals surface area contributed by atoms with E-state index in [2.05, 4.69) is 10.3 Å². The summed E-state index contributed by atoms with van der Waals surface area (Å²) < 4.78 is 4.73. The highest BCUT2D eigenvalue weighted by Crippen LogP contribution is 2.31. The van der Waals surface area contributed by atoms with Crippen molar-refractivity contribution in [2.75, 3.05) is 19.0 Å². The number of benzene rings is 1. The molecule has 24 heavy (non-hydrogen) atoms. The number of halogens is 1. The zero-order valence-electron chi connectivity index (χ0n) is 13.4. The van der Waals surface area contributed by atoms with E-state index in [1.165, 1.54) is 18.4 Å². The van der Waals surface area contributed by atoms with Crippen LogP contribution in [0.25, 0.3) is 11.3 Å². The van der Waals surface area contributed by atoms with E-state index < -0.39 is 0 Å². The minimum Gasteiger partial charge on any atom is -0.469 e. The van der Waals surface area contributed by atoms with Crippen molar-refractivity contribution < 1.29 is 14.3 Å². The van der Waals surface area contributed by atoms with Crippen molar-refractivity contribution in [2.45, 2.75) is 13.3 Å². The summed E-state index contributed by atoms with van der Waals surface area (Å²) in [5.41, 5.74) is 7.06. The monoisotopic (exact) mass is 369 g/mol. The average Bonchev–Trinajstić information content (AvgIpc) is 2.96. The summed E-state index contributed by atoms with van der Waals surface area (Å²) in [5.74, 6) is -0.840. The van der Waals surface area contributed by atoms with Gasteiger partial charge in [-0.05, 0) is 0 Å². The summed E-state index contributed by atoms with van der Waals surface area (Å²) in [6.07, 6.45) is 0.112. The number of carbonyl (C=O) groups excluding carboxylic acids is 2. The fraction of sp³-hybridized carbons (Fsp3) is 0.312. The number of nitrogens with one attached hydrogen (secondary N) is 1. The number of ether oxygens (including phenoxy) is 1. The van der Waals surface area contributed by atoms with Crippen LogP contribution in [0.2, 0.25) is 0 Å². The van der Waals surface area contributed by atoms with Gasteiger partial charge in [-0.25, -0.2) is 4.98 Å². The lowest BCUT2D eigenvalue weighted by molar-refractivity contribution is -0.139. The van der Waals surface area contributed by atoms with Gasteiger partial charge < -0.3 is 15.8 Å². The van der Waals surface area contributed by atoms with Crippen LogP contribution in [-0.2, 0) is 20.7 Å². The number of rotatable bonds is 6. The van der Waals surface area contributed by atoms with Crippen LogP contribution in [0.5, 0.6) is 0 Å². The second-order valence-electron chi connectivity index (χ2n) is 5.04. The molecular formula is C16H20ClN3O3S. The van der Waals surface area contributed by atoms with Crippen molar-refractivity contribution in [3.05, 3.63) is 35.2 Å². The van der Waals surface area contributed by atoms with Crippen LogP contribution in [0.4, 0.5) is 5.13 Å². The molecule has 1 aromatic carbocycles. The Morgan fingerprint density at radius 2 is 2.00 bits per heavy atom. The van der Waals surface area contributed by atoms with Crippen molar-refractivity contribution in [1.29, 1.82) is 0 Å². The lowest BCUT2D eigenvalue weighted by Gasteiger charge is -2.06. The highest BCUT2D eigenvalue weighted by Gasteiger charge is 2.19. The van der Waals surface area contributed by atoms with Crippen molar-refractivity contribution in [3.63, 3.8) is 0 Å². The molecule has 0 fully saturated rings. The summed E-state index contributed by atoms with van der Waals surface area (Å²) >= 11 is 1.27. The highest BCUT2D eigenvalue weighted by atomic mass is 35.5. The van der Waals surface area contributed by atoms with Gasteiger partial charge in [0.1, 0.15) is 0 Å². The van der Waals surface area contributed by atoms with Gasteiger partial charge in [0, 0.05) is 22.9 Å². The number of nitrogens with zero attached hydrogens (tertiary/aromatic N) is 1. The maximum Gasteiger partial charge on any atom is 0.310 e. The first-order valence-electron chi connectivity index (χ1n) is 7.18. The molecule has 0 aliphatic carbocycles. The molecule has 1 unspecified atom stereocenters. The minimum atomic E-state index is -0.348. The number of aromatic nitrogens is 1. The number of hydrogen-bond donors (Lipinski definition) is 2. The van der Waals surface area contributed by atoms with Gasteiger partial charge in [0.25, 0.3) is 0 Å². The predicted octanol–water partition coefficient (Wildman–Crippen LogP) is 2.48. The zero-order chi connectivity index (χ0) is 16.8. The number of esters is 1. The maximum atomic E-state index is 12.0. The minimum absolute atomic E-state index is 0. The van der Waals surface area contributed by atoms with Gasteiger partial charge in [0.05, 0.1) is 19.2 Å². The summed E-state index contributed by atoms with van der Waals surface area (Å²) in [4.78, 5) is 28.8. The van der Waals surface area contributed by atoms with Gasteiger partial charge in [-0.1, -0.05) is 37.3 Å². The molecule has 1 heterocycles. The number of hydrogen-bond acceptors (Lipinski definition) is 6. The largest absolute Gasteiger partial charge is 0.469 e. The Hall–Kier alpha value is -1.96. The summed E-state index contributed by atoms with van der Waals surface area (Å²) in [7, 11) is 1.34. The quantitative estimate of drug-likeness (QED) is 0.763. The SMILES string of the molecule is COC(=O)Cc1sc(NC(=O)C(C)CN)nc1-c1ccccc1.Cl. The average molecular weight is 370 g/mol. The third kappa shape index (κ3) is 5.02. The first-order valence-corrected chi connectivity index (χ1v) is 7.99. The van der Waals surface area contributed by atoms with Crippen LogP contribution in [0.3, 0.4) is 0 Å². The molecule has 0 spiro atoms. The third-order valence-electron chi connectivity index (χ3n) is 3.31. The van der Waals surface area contributed by atoms with Gasteiger partial charge in [0.15, 0.2) is 5.13 Å². The summed E-state index contributed by atoms with van der Waals surface area (Å²) in [6, 6.07) is 9.51. The molecular weight excluding hydrogens is 350 g/mol. The highest BCUT2D eigenvalue weighted by molar-refractivity contribution is 7.16.